The number of piperazine rings is 1. The van der Waals surface area contributed by atoms with Crippen molar-refractivity contribution in [2.24, 2.45) is 0 Å². The van der Waals surface area contributed by atoms with Crippen molar-refractivity contribution in [2.45, 2.75) is 13.5 Å². The highest BCUT2D eigenvalue weighted by Crippen LogP contribution is 2.19. The molecule has 1 aromatic heterocycles. The maximum atomic E-state index is 12.6. The summed E-state index contributed by atoms with van der Waals surface area (Å²) in [6.45, 7) is 6.13. The van der Waals surface area contributed by atoms with Crippen LogP contribution in [0.15, 0.2) is 23.0 Å². The molecule has 0 radical (unpaired) electrons. The summed E-state index contributed by atoms with van der Waals surface area (Å²) in [4.78, 5) is 19.4. The third kappa shape index (κ3) is 2.27. The maximum absolute atomic E-state index is 12.6. The Kier molecular flexibility index (Phi) is 3.63. The van der Waals surface area contributed by atoms with E-state index < -0.39 is 0 Å². The third-order valence-electron chi connectivity index (χ3n) is 3.61. The fourth-order valence-corrected chi connectivity index (χ4v) is 2.74. The van der Waals surface area contributed by atoms with E-state index in [4.69, 9.17) is 11.6 Å². The average Bonchev–Trinajstić information content (AvgIpc) is 2.48. The first-order valence-electron chi connectivity index (χ1n) is 6.86. The number of hydrogen-bond acceptors (Lipinski definition) is 4. The Bertz CT molecular complexity index is 691. The largest absolute Gasteiger partial charge is 0.340 e. The van der Waals surface area contributed by atoms with Crippen LogP contribution in [0.2, 0.25) is 5.02 Å². The van der Waals surface area contributed by atoms with Gasteiger partial charge in [0.1, 0.15) is 0 Å². The summed E-state index contributed by atoms with van der Waals surface area (Å²) in [6.07, 6.45) is 0. The van der Waals surface area contributed by atoms with Gasteiger partial charge < -0.3 is 10.2 Å². The molecule has 6 heteroatoms. The summed E-state index contributed by atoms with van der Waals surface area (Å²) in [7, 11) is 0. The van der Waals surface area contributed by atoms with E-state index in [2.05, 4.69) is 15.2 Å². The zero-order valence-electron chi connectivity index (χ0n) is 11.4. The molecule has 2 heterocycles. The normalized spacial score (nSPS) is 15.8. The molecule has 0 unspecified atom stereocenters. The maximum Gasteiger partial charge on any atom is 0.262 e. The lowest BCUT2D eigenvalue weighted by Crippen LogP contribution is -2.46. The number of hydrogen-bond donors (Lipinski definition) is 1. The van der Waals surface area contributed by atoms with Crippen LogP contribution in [-0.4, -0.2) is 35.7 Å². The van der Waals surface area contributed by atoms with E-state index in [0.717, 1.165) is 32.1 Å². The number of rotatable bonds is 2. The molecule has 3 rings (SSSR count). The quantitative estimate of drug-likeness (QED) is 0.911. The molecule has 1 aromatic carbocycles. The Morgan fingerprint density at radius 3 is 2.80 bits per heavy atom. The van der Waals surface area contributed by atoms with Crippen LogP contribution in [0.4, 0.5) is 5.95 Å². The van der Waals surface area contributed by atoms with Gasteiger partial charge in [0.05, 0.1) is 10.9 Å². The highest BCUT2D eigenvalue weighted by atomic mass is 35.5. The molecule has 0 atom stereocenters. The number of benzene rings is 1. The minimum atomic E-state index is -0.0199. The second-order valence-electron chi connectivity index (χ2n) is 4.86. The van der Waals surface area contributed by atoms with Crippen LogP contribution in [0, 0.1) is 0 Å². The van der Waals surface area contributed by atoms with Gasteiger partial charge in [-0.2, -0.15) is 0 Å². The summed E-state index contributed by atoms with van der Waals surface area (Å²) < 4.78 is 1.73. The van der Waals surface area contributed by atoms with Crippen LogP contribution >= 0.6 is 11.6 Å². The Labute approximate surface area is 122 Å². The van der Waals surface area contributed by atoms with Crippen molar-refractivity contribution in [3.63, 3.8) is 0 Å². The monoisotopic (exact) mass is 292 g/mol. The summed E-state index contributed by atoms with van der Waals surface area (Å²) in [5.41, 5.74) is 0.686. The van der Waals surface area contributed by atoms with Gasteiger partial charge in [-0.3, -0.25) is 9.36 Å². The van der Waals surface area contributed by atoms with Crippen LogP contribution < -0.4 is 15.8 Å². The van der Waals surface area contributed by atoms with Gasteiger partial charge in [-0.1, -0.05) is 11.6 Å². The molecule has 0 bridgehead atoms. The summed E-state index contributed by atoms with van der Waals surface area (Å²) in [5.74, 6) is 0.758. The van der Waals surface area contributed by atoms with Crippen molar-refractivity contribution in [1.82, 2.24) is 14.9 Å². The molecular weight excluding hydrogens is 276 g/mol. The van der Waals surface area contributed by atoms with Gasteiger partial charge in [-0.15, -0.1) is 0 Å². The number of halogens is 1. The van der Waals surface area contributed by atoms with Crippen LogP contribution in [0.5, 0.6) is 0 Å². The molecule has 1 N–H and O–H groups in total. The van der Waals surface area contributed by atoms with Crippen molar-refractivity contribution >= 4 is 28.5 Å². The molecule has 106 valence electrons. The highest BCUT2D eigenvalue weighted by Gasteiger charge is 2.18. The van der Waals surface area contributed by atoms with E-state index in [0.29, 0.717) is 22.5 Å². The highest BCUT2D eigenvalue weighted by molar-refractivity contribution is 6.31. The lowest BCUT2D eigenvalue weighted by Gasteiger charge is -2.30. The Morgan fingerprint density at radius 2 is 2.10 bits per heavy atom. The number of nitrogens with one attached hydrogen (secondary N) is 1. The van der Waals surface area contributed by atoms with E-state index in [1.165, 1.54) is 0 Å². The van der Waals surface area contributed by atoms with Crippen molar-refractivity contribution in [3.05, 3.63) is 33.6 Å². The Morgan fingerprint density at radius 1 is 1.35 bits per heavy atom. The smallest absolute Gasteiger partial charge is 0.262 e. The molecule has 0 aliphatic carbocycles. The lowest BCUT2D eigenvalue weighted by molar-refractivity contribution is 0.561. The van der Waals surface area contributed by atoms with Crippen LogP contribution in [0.1, 0.15) is 6.92 Å². The standard InChI is InChI=1S/C14H17ClN4O/c1-2-19-13(20)11-9-10(15)3-4-12(11)17-14(19)18-7-5-16-6-8-18/h3-4,9,16H,2,5-8H2,1H3. The van der Waals surface area contributed by atoms with Crippen molar-refractivity contribution in [1.29, 1.82) is 0 Å². The van der Waals surface area contributed by atoms with Gasteiger partial charge in [0.2, 0.25) is 5.95 Å². The topological polar surface area (TPSA) is 50.2 Å². The number of aromatic nitrogens is 2. The fourth-order valence-electron chi connectivity index (χ4n) is 2.57. The van der Waals surface area contributed by atoms with Gasteiger partial charge in [0.15, 0.2) is 0 Å². The fraction of sp³-hybridized carbons (Fsp3) is 0.429. The molecule has 20 heavy (non-hydrogen) atoms. The van der Waals surface area contributed by atoms with Gasteiger partial charge in [0, 0.05) is 37.7 Å². The number of nitrogens with zero attached hydrogens (tertiary/aromatic N) is 3. The second kappa shape index (κ2) is 5.42. The molecule has 1 fully saturated rings. The van der Waals surface area contributed by atoms with E-state index in [1.54, 1.807) is 16.7 Å². The Hall–Kier alpha value is -1.59. The average molecular weight is 293 g/mol. The SMILES string of the molecule is CCn1c(N2CCNCC2)nc2ccc(Cl)cc2c1=O. The minimum absolute atomic E-state index is 0.0199. The summed E-state index contributed by atoms with van der Waals surface area (Å²) in [6, 6.07) is 5.28. The lowest BCUT2D eigenvalue weighted by atomic mass is 10.2. The van der Waals surface area contributed by atoms with E-state index in [1.807, 2.05) is 13.0 Å². The van der Waals surface area contributed by atoms with Gasteiger partial charge >= 0.3 is 0 Å². The molecule has 1 aliphatic heterocycles. The predicted octanol–water partition coefficient (Wildman–Crippen LogP) is 1.48. The molecule has 0 saturated carbocycles. The number of fused-ring (bicyclic) bond motifs is 1. The van der Waals surface area contributed by atoms with Crippen molar-refractivity contribution in [2.75, 3.05) is 31.1 Å². The summed E-state index contributed by atoms with van der Waals surface area (Å²) >= 11 is 5.98. The first kappa shape index (κ1) is 13.4. The van der Waals surface area contributed by atoms with Gasteiger partial charge in [0.25, 0.3) is 5.56 Å². The van der Waals surface area contributed by atoms with Crippen molar-refractivity contribution < 1.29 is 0 Å². The van der Waals surface area contributed by atoms with Gasteiger partial charge in [-0.25, -0.2) is 4.98 Å². The predicted molar refractivity (Wildman–Crippen MR) is 81.8 cm³/mol. The van der Waals surface area contributed by atoms with Crippen LogP contribution in [0.3, 0.4) is 0 Å². The first-order valence-corrected chi connectivity index (χ1v) is 7.24. The molecule has 5 nitrogen and oxygen atoms in total. The molecule has 0 amide bonds. The minimum Gasteiger partial charge on any atom is -0.340 e. The van der Waals surface area contributed by atoms with E-state index in [9.17, 15) is 4.79 Å². The zero-order chi connectivity index (χ0) is 14.1. The van der Waals surface area contributed by atoms with E-state index >= 15 is 0 Å². The van der Waals surface area contributed by atoms with Crippen molar-refractivity contribution in [3.8, 4) is 0 Å². The molecule has 2 aromatic rings. The van der Waals surface area contributed by atoms with E-state index in [-0.39, 0.29) is 5.56 Å². The molecular formula is C14H17ClN4O. The number of anilines is 1. The van der Waals surface area contributed by atoms with Crippen LogP contribution in [0.25, 0.3) is 10.9 Å². The van der Waals surface area contributed by atoms with Gasteiger partial charge in [-0.05, 0) is 25.1 Å². The molecule has 1 aliphatic rings. The zero-order valence-corrected chi connectivity index (χ0v) is 12.2. The Balaban J connectivity index is 2.20. The van der Waals surface area contributed by atoms with Crippen LogP contribution in [-0.2, 0) is 6.54 Å². The first-order chi connectivity index (χ1) is 9.70. The second-order valence-corrected chi connectivity index (χ2v) is 5.30. The molecule has 0 spiro atoms. The third-order valence-corrected chi connectivity index (χ3v) is 3.85. The molecule has 1 saturated heterocycles. The summed E-state index contributed by atoms with van der Waals surface area (Å²) in [5, 5.41) is 4.45.